The van der Waals surface area contributed by atoms with Crippen molar-refractivity contribution in [3.8, 4) is 0 Å². The molecule has 1 N–H and O–H groups in total. The summed E-state index contributed by atoms with van der Waals surface area (Å²) in [6, 6.07) is 2.13. The van der Waals surface area contributed by atoms with Gasteiger partial charge < -0.3 is 10.1 Å². The molecular weight excluding hydrogens is 243 g/mol. The molecule has 18 heavy (non-hydrogen) atoms. The Balaban J connectivity index is 2.12. The Kier molecular flexibility index (Phi) is 3.52. The lowest BCUT2D eigenvalue weighted by atomic mass is 9.94. The van der Waals surface area contributed by atoms with Crippen molar-refractivity contribution in [2.75, 3.05) is 11.9 Å². The Hall–Kier alpha value is -1.23. The molecular formula is C13H16F3NO. The first-order chi connectivity index (χ1) is 8.39. The summed E-state index contributed by atoms with van der Waals surface area (Å²) in [5.74, 6) is -3.78. The van der Waals surface area contributed by atoms with E-state index in [1.54, 1.807) is 0 Å². The Morgan fingerprint density at radius 1 is 1.22 bits per heavy atom. The average Bonchev–Trinajstić information content (AvgIpc) is 2.29. The van der Waals surface area contributed by atoms with Gasteiger partial charge in [0.25, 0.3) is 0 Å². The highest BCUT2D eigenvalue weighted by Gasteiger charge is 2.29. The molecule has 1 heterocycles. The lowest BCUT2D eigenvalue weighted by molar-refractivity contribution is -0.0553. The van der Waals surface area contributed by atoms with Gasteiger partial charge in [0.1, 0.15) is 0 Å². The smallest absolute Gasteiger partial charge is 0.196 e. The van der Waals surface area contributed by atoms with Crippen molar-refractivity contribution in [3.63, 3.8) is 0 Å². The van der Waals surface area contributed by atoms with E-state index in [-0.39, 0.29) is 17.3 Å². The van der Waals surface area contributed by atoms with E-state index < -0.39 is 17.5 Å². The van der Waals surface area contributed by atoms with Gasteiger partial charge in [0, 0.05) is 12.6 Å². The molecule has 0 amide bonds. The van der Waals surface area contributed by atoms with Crippen LogP contribution in [-0.4, -0.2) is 18.2 Å². The van der Waals surface area contributed by atoms with Crippen LogP contribution >= 0.6 is 0 Å². The minimum atomic E-state index is -1.44. The fraction of sp³-hybridized carbons (Fsp3) is 0.538. The van der Waals surface area contributed by atoms with Crippen LogP contribution in [0.3, 0.4) is 0 Å². The molecule has 1 atom stereocenters. The lowest BCUT2D eigenvalue weighted by Crippen LogP contribution is -2.40. The molecule has 1 aromatic rings. The van der Waals surface area contributed by atoms with E-state index in [2.05, 4.69) is 5.32 Å². The number of hydrogen-bond acceptors (Lipinski definition) is 2. The highest BCUT2D eigenvalue weighted by Crippen LogP contribution is 2.28. The van der Waals surface area contributed by atoms with Gasteiger partial charge in [-0.3, -0.25) is 0 Å². The second-order valence-corrected chi connectivity index (χ2v) is 5.17. The molecule has 1 aromatic carbocycles. The normalized spacial score (nSPS) is 22.8. The first-order valence-electron chi connectivity index (χ1n) is 5.93. The minimum absolute atomic E-state index is 0.00315. The summed E-state index contributed by atoms with van der Waals surface area (Å²) >= 11 is 0. The molecule has 100 valence electrons. The zero-order valence-electron chi connectivity index (χ0n) is 10.4. The third kappa shape index (κ3) is 2.77. The van der Waals surface area contributed by atoms with E-state index in [1.807, 2.05) is 13.8 Å². The van der Waals surface area contributed by atoms with Crippen LogP contribution in [0.25, 0.3) is 0 Å². The molecule has 1 aliphatic heterocycles. The molecule has 1 saturated heterocycles. The highest BCUT2D eigenvalue weighted by molar-refractivity contribution is 5.46. The summed E-state index contributed by atoms with van der Waals surface area (Å²) in [7, 11) is 0. The van der Waals surface area contributed by atoms with Gasteiger partial charge in [-0.25, -0.2) is 13.2 Å². The van der Waals surface area contributed by atoms with Crippen LogP contribution in [0, 0.1) is 17.5 Å². The van der Waals surface area contributed by atoms with Gasteiger partial charge in [0.15, 0.2) is 17.5 Å². The number of ether oxygens (including phenoxy) is 1. The van der Waals surface area contributed by atoms with Gasteiger partial charge in [-0.15, -0.1) is 0 Å². The highest BCUT2D eigenvalue weighted by atomic mass is 19.2. The SMILES string of the molecule is CC1(C)CC(Nc2ccc(F)c(F)c2F)CCO1. The van der Waals surface area contributed by atoms with Gasteiger partial charge in [-0.1, -0.05) is 0 Å². The van der Waals surface area contributed by atoms with Gasteiger partial charge >= 0.3 is 0 Å². The second kappa shape index (κ2) is 4.80. The van der Waals surface area contributed by atoms with Gasteiger partial charge in [-0.2, -0.15) is 0 Å². The van der Waals surface area contributed by atoms with Crippen LogP contribution in [0.5, 0.6) is 0 Å². The lowest BCUT2D eigenvalue weighted by Gasteiger charge is -2.36. The standard InChI is InChI=1S/C13H16F3NO/c1-13(2)7-8(5-6-18-13)17-10-4-3-9(14)11(15)12(10)16/h3-4,8,17H,5-7H2,1-2H3. The minimum Gasteiger partial charge on any atom is -0.380 e. The Labute approximate surface area is 104 Å². The third-order valence-corrected chi connectivity index (χ3v) is 3.09. The number of halogens is 3. The third-order valence-electron chi connectivity index (χ3n) is 3.09. The molecule has 1 fully saturated rings. The van der Waals surface area contributed by atoms with Crippen LogP contribution in [0.2, 0.25) is 0 Å². The number of rotatable bonds is 2. The van der Waals surface area contributed by atoms with Crippen LogP contribution in [0.15, 0.2) is 12.1 Å². The second-order valence-electron chi connectivity index (χ2n) is 5.17. The maximum atomic E-state index is 13.5. The van der Waals surface area contributed by atoms with E-state index in [0.29, 0.717) is 19.4 Å². The Bertz CT molecular complexity index is 448. The zero-order chi connectivity index (χ0) is 13.3. The van der Waals surface area contributed by atoms with Crippen molar-refractivity contribution in [2.45, 2.75) is 38.3 Å². The fourth-order valence-electron chi connectivity index (χ4n) is 2.21. The molecule has 0 bridgehead atoms. The van der Waals surface area contributed by atoms with Crippen LogP contribution < -0.4 is 5.32 Å². The number of hydrogen-bond donors (Lipinski definition) is 1. The summed E-state index contributed by atoms with van der Waals surface area (Å²) < 4.78 is 44.9. The predicted molar refractivity (Wildman–Crippen MR) is 63.0 cm³/mol. The maximum Gasteiger partial charge on any atom is 0.196 e. The molecule has 1 aliphatic rings. The van der Waals surface area contributed by atoms with E-state index in [4.69, 9.17) is 4.74 Å². The average molecular weight is 259 g/mol. The summed E-state index contributed by atoms with van der Waals surface area (Å²) in [5.41, 5.74) is -0.290. The van der Waals surface area contributed by atoms with E-state index in [0.717, 1.165) is 6.07 Å². The quantitative estimate of drug-likeness (QED) is 0.821. The number of benzene rings is 1. The largest absolute Gasteiger partial charge is 0.380 e. The summed E-state index contributed by atoms with van der Waals surface area (Å²) in [4.78, 5) is 0. The monoisotopic (exact) mass is 259 g/mol. The summed E-state index contributed by atoms with van der Waals surface area (Å²) in [6.07, 6.45) is 1.40. The van der Waals surface area contributed by atoms with Crippen molar-refractivity contribution in [2.24, 2.45) is 0 Å². The summed E-state index contributed by atoms with van der Waals surface area (Å²) in [5, 5.41) is 2.91. The zero-order valence-corrected chi connectivity index (χ0v) is 10.4. The van der Waals surface area contributed by atoms with Gasteiger partial charge in [0.05, 0.1) is 11.3 Å². The van der Waals surface area contributed by atoms with Crippen molar-refractivity contribution in [3.05, 3.63) is 29.6 Å². The van der Waals surface area contributed by atoms with Crippen molar-refractivity contribution < 1.29 is 17.9 Å². The first-order valence-corrected chi connectivity index (χ1v) is 5.93. The molecule has 1 unspecified atom stereocenters. The number of nitrogens with one attached hydrogen (secondary N) is 1. The van der Waals surface area contributed by atoms with Gasteiger partial charge in [0.2, 0.25) is 0 Å². The fourth-order valence-corrected chi connectivity index (χ4v) is 2.21. The van der Waals surface area contributed by atoms with Crippen molar-refractivity contribution in [1.82, 2.24) is 0 Å². The number of anilines is 1. The van der Waals surface area contributed by atoms with E-state index in [9.17, 15) is 13.2 Å². The topological polar surface area (TPSA) is 21.3 Å². The maximum absolute atomic E-state index is 13.5. The van der Waals surface area contributed by atoms with Crippen molar-refractivity contribution >= 4 is 5.69 Å². The molecule has 2 rings (SSSR count). The van der Waals surface area contributed by atoms with Crippen LogP contribution in [-0.2, 0) is 4.74 Å². The van der Waals surface area contributed by atoms with E-state index >= 15 is 0 Å². The first kappa shape index (κ1) is 13.2. The molecule has 0 radical (unpaired) electrons. The predicted octanol–water partition coefficient (Wildman–Crippen LogP) is 3.47. The van der Waals surface area contributed by atoms with E-state index in [1.165, 1.54) is 6.07 Å². The van der Waals surface area contributed by atoms with Crippen molar-refractivity contribution in [1.29, 1.82) is 0 Å². The summed E-state index contributed by atoms with van der Waals surface area (Å²) in [6.45, 7) is 4.46. The molecule has 5 heteroatoms. The van der Waals surface area contributed by atoms with Crippen LogP contribution in [0.4, 0.5) is 18.9 Å². The molecule has 2 nitrogen and oxygen atoms in total. The molecule has 0 spiro atoms. The van der Waals surface area contributed by atoms with Crippen LogP contribution in [0.1, 0.15) is 26.7 Å². The molecule has 0 saturated carbocycles. The molecule has 0 aliphatic carbocycles. The Morgan fingerprint density at radius 2 is 1.94 bits per heavy atom. The van der Waals surface area contributed by atoms with Gasteiger partial charge in [-0.05, 0) is 38.8 Å². The Morgan fingerprint density at radius 3 is 2.61 bits per heavy atom. The molecule has 0 aromatic heterocycles.